The number of carbonyl (C=O) groups is 1. The highest BCUT2D eigenvalue weighted by molar-refractivity contribution is 5.77. The molecule has 1 aliphatic carbocycles. The molecule has 0 aromatic rings. The van der Waals surface area contributed by atoms with E-state index in [1.54, 1.807) is 0 Å². The largest absolute Gasteiger partial charge is 0.372 e. The summed E-state index contributed by atoms with van der Waals surface area (Å²) in [5, 5.41) is 3.29. The first-order valence-corrected chi connectivity index (χ1v) is 6.92. The van der Waals surface area contributed by atoms with Gasteiger partial charge in [0, 0.05) is 26.2 Å². The molecule has 1 amide bonds. The Balaban J connectivity index is 1.55. The molecule has 0 spiro atoms. The van der Waals surface area contributed by atoms with Gasteiger partial charge in [0.1, 0.15) is 6.61 Å². The van der Waals surface area contributed by atoms with Gasteiger partial charge >= 0.3 is 0 Å². The number of nitrogens with one attached hydrogen (secondary N) is 1. The maximum absolute atomic E-state index is 11.9. The second-order valence-electron chi connectivity index (χ2n) is 5.12. The number of hydrogen-bond donors (Lipinski definition) is 1. The van der Waals surface area contributed by atoms with E-state index in [1.165, 1.54) is 19.3 Å². The molecule has 0 unspecified atom stereocenters. The quantitative estimate of drug-likeness (QED) is 0.729. The molecule has 2 rings (SSSR count). The molecule has 0 radical (unpaired) electrons. The maximum Gasteiger partial charge on any atom is 0.248 e. The zero-order chi connectivity index (χ0) is 11.9. The van der Waals surface area contributed by atoms with Crippen molar-refractivity contribution in [2.45, 2.75) is 32.1 Å². The van der Waals surface area contributed by atoms with Gasteiger partial charge in [-0.15, -0.1) is 0 Å². The summed E-state index contributed by atoms with van der Waals surface area (Å²) < 4.78 is 5.48. The summed E-state index contributed by atoms with van der Waals surface area (Å²) >= 11 is 0. The van der Waals surface area contributed by atoms with Crippen molar-refractivity contribution in [3.05, 3.63) is 0 Å². The van der Waals surface area contributed by atoms with E-state index < -0.39 is 0 Å². The van der Waals surface area contributed by atoms with E-state index in [2.05, 4.69) is 5.32 Å². The van der Waals surface area contributed by atoms with Crippen LogP contribution in [0.5, 0.6) is 0 Å². The molecule has 0 atom stereocenters. The molecule has 0 bridgehead atoms. The van der Waals surface area contributed by atoms with Crippen molar-refractivity contribution in [3.8, 4) is 0 Å². The predicted octanol–water partition coefficient (Wildman–Crippen LogP) is 1.02. The van der Waals surface area contributed by atoms with Crippen LogP contribution in [0.4, 0.5) is 0 Å². The molecule has 0 aromatic carbocycles. The van der Waals surface area contributed by atoms with E-state index in [1.807, 2.05) is 4.90 Å². The van der Waals surface area contributed by atoms with Crippen LogP contribution in [0.2, 0.25) is 0 Å². The minimum absolute atomic E-state index is 0.155. The van der Waals surface area contributed by atoms with Crippen LogP contribution in [0.1, 0.15) is 32.1 Å². The SMILES string of the molecule is O=C(COCCC1CCC1)N1CCCNCC1. The van der Waals surface area contributed by atoms with Gasteiger partial charge in [-0.2, -0.15) is 0 Å². The molecule has 2 fully saturated rings. The highest BCUT2D eigenvalue weighted by Crippen LogP contribution is 2.29. The Morgan fingerprint density at radius 1 is 1.24 bits per heavy atom. The molecule has 1 heterocycles. The van der Waals surface area contributed by atoms with Crippen LogP contribution in [0.15, 0.2) is 0 Å². The van der Waals surface area contributed by atoms with E-state index in [-0.39, 0.29) is 12.5 Å². The molecule has 1 saturated heterocycles. The van der Waals surface area contributed by atoms with Gasteiger partial charge in [-0.05, 0) is 25.3 Å². The highest BCUT2D eigenvalue weighted by atomic mass is 16.5. The number of hydrogen-bond acceptors (Lipinski definition) is 3. The lowest BCUT2D eigenvalue weighted by atomic mass is 9.83. The van der Waals surface area contributed by atoms with Crippen molar-refractivity contribution < 1.29 is 9.53 Å². The van der Waals surface area contributed by atoms with Gasteiger partial charge in [-0.3, -0.25) is 4.79 Å². The van der Waals surface area contributed by atoms with Crippen molar-refractivity contribution >= 4 is 5.91 Å². The average Bonchev–Trinajstić information content (AvgIpc) is 2.54. The van der Waals surface area contributed by atoms with Crippen molar-refractivity contribution in [1.82, 2.24) is 10.2 Å². The Hall–Kier alpha value is -0.610. The fourth-order valence-electron chi connectivity index (χ4n) is 2.38. The molecule has 4 heteroatoms. The second kappa shape index (κ2) is 6.97. The van der Waals surface area contributed by atoms with Gasteiger partial charge in [0.15, 0.2) is 0 Å². The predicted molar refractivity (Wildman–Crippen MR) is 66.8 cm³/mol. The summed E-state index contributed by atoms with van der Waals surface area (Å²) in [4.78, 5) is 13.8. The lowest BCUT2D eigenvalue weighted by molar-refractivity contribution is -0.136. The molecule has 1 N–H and O–H groups in total. The fraction of sp³-hybridized carbons (Fsp3) is 0.923. The first kappa shape index (κ1) is 12.8. The normalized spacial score (nSPS) is 22.0. The highest BCUT2D eigenvalue weighted by Gasteiger charge is 2.18. The number of rotatable bonds is 5. The Kier molecular flexibility index (Phi) is 5.26. The Labute approximate surface area is 104 Å². The first-order chi connectivity index (χ1) is 8.36. The molecule has 2 aliphatic rings. The molecule has 1 aliphatic heterocycles. The third-order valence-electron chi connectivity index (χ3n) is 3.81. The van der Waals surface area contributed by atoms with Crippen LogP contribution >= 0.6 is 0 Å². The van der Waals surface area contributed by atoms with Crippen LogP contribution in [0.25, 0.3) is 0 Å². The van der Waals surface area contributed by atoms with Gasteiger partial charge in [-0.25, -0.2) is 0 Å². The van der Waals surface area contributed by atoms with Crippen molar-refractivity contribution in [2.75, 3.05) is 39.4 Å². The zero-order valence-electron chi connectivity index (χ0n) is 10.6. The minimum atomic E-state index is 0.155. The van der Waals surface area contributed by atoms with Crippen molar-refractivity contribution in [3.63, 3.8) is 0 Å². The first-order valence-electron chi connectivity index (χ1n) is 6.92. The maximum atomic E-state index is 11.9. The van der Waals surface area contributed by atoms with Crippen molar-refractivity contribution in [1.29, 1.82) is 0 Å². The summed E-state index contributed by atoms with van der Waals surface area (Å²) in [5.74, 6) is 1.02. The molecular formula is C13H24N2O2. The topological polar surface area (TPSA) is 41.6 Å². The lowest BCUT2D eigenvalue weighted by Crippen LogP contribution is -2.36. The molecule has 1 saturated carbocycles. The second-order valence-corrected chi connectivity index (χ2v) is 5.12. The Bertz CT molecular complexity index is 234. The number of nitrogens with zero attached hydrogens (tertiary/aromatic N) is 1. The third-order valence-corrected chi connectivity index (χ3v) is 3.81. The standard InChI is InChI=1S/C13H24N2O2/c16-13(15-8-2-6-14-7-9-15)11-17-10-5-12-3-1-4-12/h12,14H,1-11H2. The molecular weight excluding hydrogens is 216 g/mol. The van der Waals surface area contributed by atoms with Crippen LogP contribution in [0.3, 0.4) is 0 Å². The average molecular weight is 240 g/mol. The monoisotopic (exact) mass is 240 g/mol. The van der Waals surface area contributed by atoms with Crippen LogP contribution < -0.4 is 5.32 Å². The van der Waals surface area contributed by atoms with Crippen LogP contribution in [-0.2, 0) is 9.53 Å². The van der Waals surface area contributed by atoms with E-state index >= 15 is 0 Å². The zero-order valence-corrected chi connectivity index (χ0v) is 10.6. The van der Waals surface area contributed by atoms with Gasteiger partial charge in [-0.1, -0.05) is 19.3 Å². The molecule has 17 heavy (non-hydrogen) atoms. The fourth-order valence-corrected chi connectivity index (χ4v) is 2.38. The Morgan fingerprint density at radius 3 is 2.88 bits per heavy atom. The summed E-state index contributed by atoms with van der Waals surface area (Å²) in [5.41, 5.74) is 0. The van der Waals surface area contributed by atoms with Crippen LogP contribution in [-0.4, -0.2) is 50.2 Å². The van der Waals surface area contributed by atoms with E-state index in [4.69, 9.17) is 4.74 Å². The number of carbonyl (C=O) groups excluding carboxylic acids is 1. The smallest absolute Gasteiger partial charge is 0.248 e. The van der Waals surface area contributed by atoms with Gasteiger partial charge < -0.3 is 15.0 Å². The summed E-state index contributed by atoms with van der Waals surface area (Å²) in [7, 11) is 0. The summed E-state index contributed by atoms with van der Waals surface area (Å²) in [6, 6.07) is 0. The van der Waals surface area contributed by atoms with E-state index in [9.17, 15) is 4.79 Å². The summed E-state index contributed by atoms with van der Waals surface area (Å²) in [6.07, 6.45) is 6.28. The lowest BCUT2D eigenvalue weighted by Gasteiger charge is -2.25. The van der Waals surface area contributed by atoms with Gasteiger partial charge in [0.2, 0.25) is 5.91 Å². The van der Waals surface area contributed by atoms with Gasteiger partial charge in [0.25, 0.3) is 0 Å². The van der Waals surface area contributed by atoms with E-state index in [0.717, 1.165) is 51.5 Å². The minimum Gasteiger partial charge on any atom is -0.372 e. The van der Waals surface area contributed by atoms with E-state index in [0.29, 0.717) is 0 Å². The number of ether oxygens (including phenoxy) is 1. The molecule has 0 aromatic heterocycles. The number of amides is 1. The van der Waals surface area contributed by atoms with Crippen LogP contribution in [0, 0.1) is 5.92 Å². The summed E-state index contributed by atoms with van der Waals surface area (Å²) in [6.45, 7) is 4.65. The van der Waals surface area contributed by atoms with Crippen molar-refractivity contribution in [2.24, 2.45) is 5.92 Å². The Morgan fingerprint density at radius 2 is 2.12 bits per heavy atom. The van der Waals surface area contributed by atoms with Gasteiger partial charge in [0.05, 0.1) is 0 Å². The molecule has 98 valence electrons. The molecule has 4 nitrogen and oxygen atoms in total. The third kappa shape index (κ3) is 4.28.